The van der Waals surface area contributed by atoms with Crippen LogP contribution < -0.4 is 10.0 Å². The quantitative estimate of drug-likeness (QED) is 0.885. The summed E-state index contributed by atoms with van der Waals surface area (Å²) in [7, 11) is -4.55. The molecule has 7 nitrogen and oxygen atoms in total. The number of rotatable bonds is 3. The van der Waals surface area contributed by atoms with Crippen molar-refractivity contribution < 1.29 is 26.7 Å². The van der Waals surface area contributed by atoms with Gasteiger partial charge in [0.05, 0.1) is 5.69 Å². The molecule has 2 heterocycles. The number of amides is 1. The molecular formula is C13H11F2N3O4S2. The summed E-state index contributed by atoms with van der Waals surface area (Å²) in [6.07, 6.45) is -0.703. The van der Waals surface area contributed by atoms with Crippen molar-refractivity contribution in [3.8, 4) is 0 Å². The van der Waals surface area contributed by atoms with Crippen LogP contribution in [0, 0.1) is 18.6 Å². The largest absolute Gasteiger partial charge is 0.447 e. The van der Waals surface area contributed by atoms with Crippen LogP contribution in [-0.2, 0) is 14.8 Å². The number of hydrogen-bond donors (Lipinski definition) is 1. The van der Waals surface area contributed by atoms with Crippen molar-refractivity contribution in [1.29, 1.82) is 0 Å². The van der Waals surface area contributed by atoms with Gasteiger partial charge in [-0.25, -0.2) is 37.0 Å². The van der Waals surface area contributed by atoms with Gasteiger partial charge < -0.3 is 4.74 Å². The summed E-state index contributed by atoms with van der Waals surface area (Å²) in [4.78, 5) is 16.0. The van der Waals surface area contributed by atoms with Gasteiger partial charge in [-0.05, 0) is 24.6 Å². The first-order valence-corrected chi connectivity index (χ1v) is 9.01. The van der Waals surface area contributed by atoms with Crippen LogP contribution in [0.1, 0.15) is 17.3 Å². The molecule has 0 radical (unpaired) electrons. The van der Waals surface area contributed by atoms with Gasteiger partial charge in [0.15, 0.2) is 10.0 Å². The Kier molecular flexibility index (Phi) is 4.01. The molecule has 0 saturated carbocycles. The lowest BCUT2D eigenvalue weighted by Gasteiger charge is -2.19. The number of aryl methyl sites for hydroxylation is 1. The van der Waals surface area contributed by atoms with Crippen molar-refractivity contribution in [2.45, 2.75) is 17.9 Å². The van der Waals surface area contributed by atoms with Crippen LogP contribution in [0.5, 0.6) is 0 Å². The molecule has 0 bridgehead atoms. The molecule has 2 aromatic rings. The second kappa shape index (κ2) is 5.76. The number of nitrogens with zero attached hydrogens (tertiary/aromatic N) is 2. The molecule has 1 unspecified atom stereocenters. The number of aromatic nitrogens is 1. The predicted molar refractivity (Wildman–Crippen MR) is 81.2 cm³/mol. The number of sulfonamides is 1. The molecular weight excluding hydrogens is 364 g/mol. The second-order valence-electron chi connectivity index (χ2n) is 5.09. The number of nitrogens with two attached hydrogens (primary N) is 1. The molecule has 24 heavy (non-hydrogen) atoms. The zero-order chi connectivity index (χ0) is 17.6. The van der Waals surface area contributed by atoms with Gasteiger partial charge in [0.2, 0.25) is 10.0 Å². The molecule has 1 saturated heterocycles. The fourth-order valence-corrected chi connectivity index (χ4v) is 3.88. The van der Waals surface area contributed by atoms with Crippen LogP contribution in [-0.4, -0.2) is 26.1 Å². The third-order valence-electron chi connectivity index (χ3n) is 3.38. The van der Waals surface area contributed by atoms with E-state index < -0.39 is 38.7 Å². The number of thiazole rings is 1. The summed E-state index contributed by atoms with van der Waals surface area (Å²) >= 11 is 1.18. The van der Waals surface area contributed by atoms with Crippen molar-refractivity contribution in [3.05, 3.63) is 40.4 Å². The first kappa shape index (κ1) is 16.7. The van der Waals surface area contributed by atoms with Crippen LogP contribution in [0.3, 0.4) is 0 Å². The highest BCUT2D eigenvalue weighted by atomic mass is 32.2. The lowest BCUT2D eigenvalue weighted by Crippen LogP contribution is -2.27. The minimum Gasteiger partial charge on any atom is -0.447 e. The maximum atomic E-state index is 14.0. The third-order valence-corrected chi connectivity index (χ3v) is 5.29. The van der Waals surface area contributed by atoms with E-state index in [0.29, 0.717) is 10.8 Å². The molecule has 0 aliphatic carbocycles. The number of primary sulfonamides is 1. The van der Waals surface area contributed by atoms with E-state index in [9.17, 15) is 22.0 Å². The van der Waals surface area contributed by atoms with Crippen LogP contribution >= 0.6 is 11.3 Å². The number of cyclic esters (lactones) is 1. The van der Waals surface area contributed by atoms with E-state index in [1.54, 1.807) is 12.3 Å². The van der Waals surface area contributed by atoms with Gasteiger partial charge in [-0.3, -0.25) is 0 Å². The average molecular weight is 375 g/mol. The lowest BCUT2D eigenvalue weighted by atomic mass is 10.1. The van der Waals surface area contributed by atoms with Crippen molar-refractivity contribution in [1.82, 2.24) is 4.98 Å². The Labute approximate surface area is 139 Å². The Balaban J connectivity index is 2.06. The first-order valence-electron chi connectivity index (χ1n) is 6.58. The number of halogens is 2. The molecule has 1 atom stereocenters. The van der Waals surface area contributed by atoms with Gasteiger partial charge in [0.1, 0.15) is 24.3 Å². The highest BCUT2D eigenvalue weighted by Crippen LogP contribution is 2.36. The molecule has 1 aliphatic heterocycles. The molecule has 1 amide bonds. The molecule has 0 spiro atoms. The van der Waals surface area contributed by atoms with Gasteiger partial charge >= 0.3 is 6.09 Å². The summed E-state index contributed by atoms with van der Waals surface area (Å²) in [5.41, 5.74) is 0.714. The fourth-order valence-electron chi connectivity index (χ4n) is 2.37. The molecule has 11 heteroatoms. The third kappa shape index (κ3) is 2.85. The van der Waals surface area contributed by atoms with Crippen molar-refractivity contribution >= 4 is 32.6 Å². The van der Waals surface area contributed by atoms with Gasteiger partial charge in [-0.1, -0.05) is 0 Å². The number of benzene rings is 1. The Morgan fingerprint density at radius 2 is 2.00 bits per heavy atom. The van der Waals surface area contributed by atoms with E-state index in [2.05, 4.69) is 4.98 Å². The summed E-state index contributed by atoms with van der Waals surface area (Å²) < 4.78 is 55.5. The highest BCUT2D eigenvalue weighted by Gasteiger charge is 2.38. The summed E-state index contributed by atoms with van der Waals surface area (Å²) in [5, 5.41) is 6.83. The summed E-state index contributed by atoms with van der Waals surface area (Å²) in [6, 6.07) is 0.813. The maximum absolute atomic E-state index is 14.0. The highest BCUT2D eigenvalue weighted by molar-refractivity contribution is 7.89. The van der Waals surface area contributed by atoms with Crippen molar-refractivity contribution in [3.63, 3.8) is 0 Å². The Morgan fingerprint density at radius 3 is 2.50 bits per heavy atom. The maximum Gasteiger partial charge on any atom is 0.416 e. The van der Waals surface area contributed by atoms with Gasteiger partial charge in [0, 0.05) is 5.38 Å². The van der Waals surface area contributed by atoms with Crippen LogP contribution in [0.25, 0.3) is 0 Å². The Hall–Kier alpha value is -2.11. The number of carbonyl (C=O) groups is 1. The molecule has 1 fully saturated rings. The van der Waals surface area contributed by atoms with Gasteiger partial charge in [0.25, 0.3) is 0 Å². The average Bonchev–Trinajstić information content (AvgIpc) is 3.02. The molecule has 3 rings (SSSR count). The van der Waals surface area contributed by atoms with Crippen molar-refractivity contribution in [2.24, 2.45) is 5.14 Å². The van der Waals surface area contributed by atoms with E-state index in [0.717, 1.165) is 12.1 Å². The molecule has 128 valence electrons. The molecule has 1 aromatic carbocycles. The smallest absolute Gasteiger partial charge is 0.416 e. The van der Waals surface area contributed by atoms with Crippen LogP contribution in [0.4, 0.5) is 18.7 Å². The monoisotopic (exact) mass is 375 g/mol. The standard InChI is InChI=1S/C13H11F2N3O4S2/c1-6-5-23-12(17-6)18-10(4-22-13(18)19)7-2-8(14)11(9(15)3-7)24(16,20)21/h2-3,5,10H,4H2,1H3,(H2,16,20,21). The molecule has 1 aromatic heterocycles. The number of ether oxygens (including phenoxy) is 1. The minimum absolute atomic E-state index is 0.0381. The second-order valence-corrected chi connectivity index (χ2v) is 7.43. The topological polar surface area (TPSA) is 103 Å². The minimum atomic E-state index is -4.55. The van der Waals surface area contributed by atoms with E-state index in [4.69, 9.17) is 9.88 Å². The number of anilines is 1. The number of carbonyl (C=O) groups excluding carboxylic acids is 1. The lowest BCUT2D eigenvalue weighted by molar-refractivity contribution is 0.179. The molecule has 2 N–H and O–H groups in total. The fraction of sp³-hybridized carbons (Fsp3) is 0.231. The zero-order valence-corrected chi connectivity index (χ0v) is 13.8. The van der Waals surface area contributed by atoms with Crippen LogP contribution in [0.2, 0.25) is 0 Å². The Bertz CT molecular complexity index is 906. The van der Waals surface area contributed by atoms with Crippen LogP contribution in [0.15, 0.2) is 22.4 Å². The Morgan fingerprint density at radius 1 is 1.38 bits per heavy atom. The molecule has 1 aliphatic rings. The van der Waals surface area contributed by atoms with E-state index in [-0.39, 0.29) is 12.2 Å². The van der Waals surface area contributed by atoms with Gasteiger partial charge in [-0.15, -0.1) is 11.3 Å². The SMILES string of the molecule is Cc1csc(N2C(=O)OCC2c2cc(F)c(S(N)(=O)=O)c(F)c2)n1. The van der Waals surface area contributed by atoms with E-state index >= 15 is 0 Å². The van der Waals surface area contributed by atoms with Gasteiger partial charge in [-0.2, -0.15) is 0 Å². The van der Waals surface area contributed by atoms with E-state index in [1.165, 1.54) is 16.2 Å². The summed E-state index contributed by atoms with van der Waals surface area (Å²) in [5.74, 6) is -2.66. The zero-order valence-electron chi connectivity index (χ0n) is 12.2. The predicted octanol–water partition coefficient (Wildman–Crippen LogP) is 2.08. The first-order chi connectivity index (χ1) is 11.2. The van der Waals surface area contributed by atoms with E-state index in [1.807, 2.05) is 0 Å². The van der Waals surface area contributed by atoms with Crippen molar-refractivity contribution in [2.75, 3.05) is 11.5 Å². The number of hydrogen-bond acceptors (Lipinski definition) is 6. The summed E-state index contributed by atoms with van der Waals surface area (Å²) in [6.45, 7) is 1.59. The normalized spacial score (nSPS) is 18.1.